The Bertz CT molecular complexity index is 641. The zero-order valence-corrected chi connectivity index (χ0v) is 10.4. The molecule has 0 radical (unpaired) electrons. The van der Waals surface area contributed by atoms with E-state index in [4.69, 9.17) is 11.6 Å². The fraction of sp³-hybridized carbons (Fsp3) is 0.0625. The van der Waals surface area contributed by atoms with Crippen LogP contribution in [0.5, 0.6) is 0 Å². The molecule has 0 N–H and O–H groups in total. The summed E-state index contributed by atoms with van der Waals surface area (Å²) in [5, 5.41) is 0.678. The molecule has 2 heteroatoms. The Morgan fingerprint density at radius 2 is 1.78 bits per heavy atom. The molecule has 0 saturated heterocycles. The van der Waals surface area contributed by atoms with Crippen molar-refractivity contribution in [2.45, 2.75) is 6.42 Å². The molecule has 0 spiro atoms. The lowest BCUT2D eigenvalue weighted by molar-refractivity contribution is 0.104. The number of carbonyl (C=O) groups excluding carboxylic acids is 1. The summed E-state index contributed by atoms with van der Waals surface area (Å²) >= 11 is 6.12. The second-order valence-corrected chi connectivity index (χ2v) is 4.76. The Morgan fingerprint density at radius 3 is 2.50 bits per heavy atom. The Kier molecular flexibility index (Phi) is 2.77. The van der Waals surface area contributed by atoms with Crippen LogP contribution in [0.1, 0.15) is 21.5 Å². The molecule has 1 aliphatic rings. The van der Waals surface area contributed by atoms with Crippen LogP contribution in [-0.4, -0.2) is 5.78 Å². The van der Waals surface area contributed by atoms with Gasteiger partial charge in [-0.2, -0.15) is 0 Å². The van der Waals surface area contributed by atoms with Gasteiger partial charge >= 0.3 is 0 Å². The van der Waals surface area contributed by atoms with E-state index < -0.39 is 0 Å². The lowest BCUT2D eigenvalue weighted by Gasteiger charge is -1.97. The van der Waals surface area contributed by atoms with Crippen molar-refractivity contribution < 1.29 is 4.79 Å². The first-order chi connectivity index (χ1) is 8.75. The maximum Gasteiger partial charge on any atom is 0.189 e. The highest BCUT2D eigenvalue weighted by atomic mass is 35.5. The maximum atomic E-state index is 12.2. The zero-order valence-electron chi connectivity index (χ0n) is 9.69. The maximum absolute atomic E-state index is 12.2. The number of halogens is 1. The van der Waals surface area contributed by atoms with E-state index in [-0.39, 0.29) is 5.78 Å². The van der Waals surface area contributed by atoms with Crippen LogP contribution >= 0.6 is 11.6 Å². The van der Waals surface area contributed by atoms with E-state index in [1.54, 1.807) is 0 Å². The van der Waals surface area contributed by atoms with Gasteiger partial charge in [-0.3, -0.25) is 4.79 Å². The van der Waals surface area contributed by atoms with Gasteiger partial charge in [0.2, 0.25) is 0 Å². The van der Waals surface area contributed by atoms with Crippen LogP contribution in [0, 0.1) is 0 Å². The Labute approximate surface area is 111 Å². The van der Waals surface area contributed by atoms with Gasteiger partial charge in [0.15, 0.2) is 5.78 Å². The standard InChI is InChI=1S/C16H11ClO/c17-15-8-4-7-13-14(15)10-12(16(13)18)9-11-5-2-1-3-6-11/h1-9H,10H2/b12-9+. The predicted octanol–water partition coefficient (Wildman–Crippen LogP) is 4.16. The average molecular weight is 255 g/mol. The highest BCUT2D eigenvalue weighted by Crippen LogP contribution is 2.32. The van der Waals surface area contributed by atoms with Crippen LogP contribution < -0.4 is 0 Å². The van der Waals surface area contributed by atoms with Gasteiger partial charge in [0.05, 0.1) is 0 Å². The van der Waals surface area contributed by atoms with Gasteiger partial charge in [-0.25, -0.2) is 0 Å². The van der Waals surface area contributed by atoms with E-state index in [1.807, 2.05) is 54.6 Å². The third-order valence-electron chi connectivity index (χ3n) is 3.16. The second-order valence-electron chi connectivity index (χ2n) is 4.35. The van der Waals surface area contributed by atoms with Crippen LogP contribution in [-0.2, 0) is 6.42 Å². The summed E-state index contributed by atoms with van der Waals surface area (Å²) in [6.07, 6.45) is 2.57. The van der Waals surface area contributed by atoms with E-state index in [1.165, 1.54) is 0 Å². The molecule has 0 heterocycles. The molecule has 88 valence electrons. The minimum atomic E-state index is 0.0938. The van der Waals surface area contributed by atoms with Gasteiger partial charge in [0.1, 0.15) is 0 Å². The number of benzene rings is 2. The molecule has 0 amide bonds. The molecule has 0 atom stereocenters. The van der Waals surface area contributed by atoms with Gasteiger partial charge in [0.25, 0.3) is 0 Å². The van der Waals surface area contributed by atoms with Crippen molar-refractivity contribution in [2.24, 2.45) is 0 Å². The molecule has 0 aromatic heterocycles. The van der Waals surface area contributed by atoms with Crippen LogP contribution in [0.3, 0.4) is 0 Å². The van der Waals surface area contributed by atoms with E-state index in [2.05, 4.69) is 0 Å². The normalized spacial score (nSPS) is 16.1. The Morgan fingerprint density at radius 1 is 1.00 bits per heavy atom. The zero-order chi connectivity index (χ0) is 12.5. The van der Waals surface area contributed by atoms with Crippen molar-refractivity contribution in [3.63, 3.8) is 0 Å². The highest BCUT2D eigenvalue weighted by Gasteiger charge is 2.26. The SMILES string of the molecule is O=C1/C(=C/c2ccccc2)Cc2c(Cl)cccc21. The van der Waals surface area contributed by atoms with E-state index in [9.17, 15) is 4.79 Å². The van der Waals surface area contributed by atoms with Crippen molar-refractivity contribution >= 4 is 23.5 Å². The summed E-state index contributed by atoms with van der Waals surface area (Å²) in [5.41, 5.74) is 3.55. The van der Waals surface area contributed by atoms with Crippen LogP contribution in [0.25, 0.3) is 6.08 Å². The first kappa shape index (κ1) is 11.2. The van der Waals surface area contributed by atoms with Crippen molar-refractivity contribution in [3.8, 4) is 0 Å². The summed E-state index contributed by atoms with van der Waals surface area (Å²) in [7, 11) is 0. The number of carbonyl (C=O) groups is 1. The topological polar surface area (TPSA) is 17.1 Å². The van der Waals surface area contributed by atoms with Crippen LogP contribution in [0.15, 0.2) is 54.1 Å². The van der Waals surface area contributed by atoms with E-state index in [0.717, 1.165) is 22.3 Å². The van der Waals surface area contributed by atoms with Gasteiger partial charge in [-0.15, -0.1) is 0 Å². The van der Waals surface area contributed by atoms with Crippen molar-refractivity contribution in [3.05, 3.63) is 75.8 Å². The first-order valence-electron chi connectivity index (χ1n) is 5.83. The van der Waals surface area contributed by atoms with Gasteiger partial charge < -0.3 is 0 Å². The smallest absolute Gasteiger partial charge is 0.189 e. The molecule has 18 heavy (non-hydrogen) atoms. The molecule has 0 unspecified atom stereocenters. The van der Waals surface area contributed by atoms with Crippen LogP contribution in [0.4, 0.5) is 0 Å². The number of ketones is 1. The molecular weight excluding hydrogens is 244 g/mol. The lowest BCUT2D eigenvalue weighted by Crippen LogP contribution is -1.94. The Hall–Kier alpha value is -1.86. The van der Waals surface area contributed by atoms with Crippen molar-refractivity contribution in [1.29, 1.82) is 0 Å². The van der Waals surface area contributed by atoms with E-state index in [0.29, 0.717) is 11.4 Å². The number of fused-ring (bicyclic) bond motifs is 1. The largest absolute Gasteiger partial charge is 0.289 e. The van der Waals surface area contributed by atoms with Gasteiger partial charge in [-0.05, 0) is 23.3 Å². The number of hydrogen-bond donors (Lipinski definition) is 0. The Balaban J connectivity index is 2.03. The van der Waals surface area contributed by atoms with Crippen molar-refractivity contribution in [1.82, 2.24) is 0 Å². The number of allylic oxidation sites excluding steroid dienone is 1. The summed E-state index contributed by atoms with van der Waals surface area (Å²) in [6, 6.07) is 15.4. The molecule has 1 nitrogen and oxygen atoms in total. The molecule has 3 rings (SSSR count). The molecule has 0 aliphatic heterocycles. The summed E-state index contributed by atoms with van der Waals surface area (Å²) in [4.78, 5) is 12.2. The molecule has 2 aromatic rings. The number of Topliss-reactive ketones (excluding diaryl/α,β-unsaturated/α-hetero) is 1. The van der Waals surface area contributed by atoms with Gasteiger partial charge in [-0.1, -0.05) is 54.1 Å². The molecule has 1 aliphatic carbocycles. The molecular formula is C16H11ClO. The van der Waals surface area contributed by atoms with Gasteiger partial charge in [0, 0.05) is 22.6 Å². The lowest BCUT2D eigenvalue weighted by atomic mass is 10.1. The minimum absolute atomic E-state index is 0.0938. The summed E-state index contributed by atoms with van der Waals surface area (Å²) < 4.78 is 0. The first-order valence-corrected chi connectivity index (χ1v) is 6.21. The second kappa shape index (κ2) is 4.43. The fourth-order valence-corrected chi connectivity index (χ4v) is 2.50. The average Bonchev–Trinajstić information content (AvgIpc) is 2.70. The summed E-state index contributed by atoms with van der Waals surface area (Å²) in [5.74, 6) is 0.0938. The summed E-state index contributed by atoms with van der Waals surface area (Å²) in [6.45, 7) is 0. The molecule has 2 aromatic carbocycles. The molecule has 0 fully saturated rings. The fourth-order valence-electron chi connectivity index (χ4n) is 2.26. The monoisotopic (exact) mass is 254 g/mol. The highest BCUT2D eigenvalue weighted by molar-refractivity contribution is 6.33. The van der Waals surface area contributed by atoms with E-state index >= 15 is 0 Å². The minimum Gasteiger partial charge on any atom is -0.289 e. The van der Waals surface area contributed by atoms with Crippen LogP contribution in [0.2, 0.25) is 5.02 Å². The third kappa shape index (κ3) is 1.87. The number of rotatable bonds is 1. The third-order valence-corrected chi connectivity index (χ3v) is 3.52. The quantitative estimate of drug-likeness (QED) is 0.699. The molecule has 0 saturated carbocycles. The molecule has 0 bridgehead atoms. The van der Waals surface area contributed by atoms with Crippen molar-refractivity contribution in [2.75, 3.05) is 0 Å². The number of hydrogen-bond acceptors (Lipinski definition) is 1. The predicted molar refractivity (Wildman–Crippen MR) is 73.9 cm³/mol.